The Bertz CT molecular complexity index is 525. The number of hydrogen-bond donors (Lipinski definition) is 1. The summed E-state index contributed by atoms with van der Waals surface area (Å²) in [6, 6.07) is 8.18. The van der Waals surface area contributed by atoms with Crippen LogP contribution in [0.4, 0.5) is 0 Å². The van der Waals surface area contributed by atoms with Crippen molar-refractivity contribution in [2.24, 2.45) is 0 Å². The second kappa shape index (κ2) is 8.22. The average Bonchev–Trinajstić information content (AvgIpc) is 2.46. The molecule has 4 nitrogen and oxygen atoms in total. The molecule has 122 valence electrons. The SMILES string of the molecule is CC1CN(C(=O)CCCS(=O)c2ccc(Br)cc2)CC(C)N1. The quantitative estimate of drug-likeness (QED) is 0.845. The highest BCUT2D eigenvalue weighted by atomic mass is 79.9. The van der Waals surface area contributed by atoms with Gasteiger partial charge in [-0.25, -0.2) is 0 Å². The molecule has 0 aliphatic carbocycles. The number of carbonyl (C=O) groups is 1. The van der Waals surface area contributed by atoms with E-state index in [0.29, 0.717) is 30.7 Å². The van der Waals surface area contributed by atoms with Crippen LogP contribution in [0.1, 0.15) is 26.7 Å². The van der Waals surface area contributed by atoms with E-state index in [0.717, 1.165) is 22.5 Å². The van der Waals surface area contributed by atoms with Gasteiger partial charge in [-0.1, -0.05) is 15.9 Å². The Hall–Kier alpha value is -0.720. The van der Waals surface area contributed by atoms with Crippen LogP contribution in [0, 0.1) is 0 Å². The lowest BCUT2D eigenvalue weighted by molar-refractivity contribution is -0.132. The van der Waals surface area contributed by atoms with Crippen LogP contribution in [0.25, 0.3) is 0 Å². The number of amides is 1. The fraction of sp³-hybridized carbons (Fsp3) is 0.562. The van der Waals surface area contributed by atoms with E-state index in [2.05, 4.69) is 35.1 Å². The average molecular weight is 387 g/mol. The first-order chi connectivity index (χ1) is 10.5. The minimum absolute atomic E-state index is 0.174. The fourth-order valence-electron chi connectivity index (χ4n) is 2.75. The van der Waals surface area contributed by atoms with Crippen molar-refractivity contribution in [1.29, 1.82) is 0 Å². The van der Waals surface area contributed by atoms with Gasteiger partial charge in [0.05, 0.1) is 10.8 Å². The third-order valence-corrected chi connectivity index (χ3v) is 5.69. The maximum Gasteiger partial charge on any atom is 0.222 e. The van der Waals surface area contributed by atoms with Crippen LogP contribution in [-0.4, -0.2) is 45.9 Å². The molecular weight excluding hydrogens is 364 g/mol. The van der Waals surface area contributed by atoms with Crippen LogP contribution in [-0.2, 0) is 15.6 Å². The Balaban J connectivity index is 1.77. The maximum atomic E-state index is 12.2. The highest BCUT2D eigenvalue weighted by Gasteiger charge is 2.24. The first-order valence-corrected chi connectivity index (χ1v) is 9.74. The monoisotopic (exact) mass is 386 g/mol. The summed E-state index contributed by atoms with van der Waals surface area (Å²) in [5.74, 6) is 0.706. The van der Waals surface area contributed by atoms with Gasteiger partial charge in [0.25, 0.3) is 0 Å². The summed E-state index contributed by atoms with van der Waals surface area (Å²) >= 11 is 3.37. The molecule has 0 aromatic heterocycles. The fourth-order valence-corrected chi connectivity index (χ4v) is 4.09. The summed E-state index contributed by atoms with van der Waals surface area (Å²) in [6.45, 7) is 5.72. The van der Waals surface area contributed by atoms with Crippen molar-refractivity contribution in [2.75, 3.05) is 18.8 Å². The molecule has 3 atom stereocenters. The van der Waals surface area contributed by atoms with Gasteiger partial charge < -0.3 is 10.2 Å². The van der Waals surface area contributed by atoms with Crippen LogP contribution in [0.5, 0.6) is 0 Å². The molecule has 1 aromatic carbocycles. The van der Waals surface area contributed by atoms with Gasteiger partial charge in [-0.2, -0.15) is 0 Å². The number of nitrogens with one attached hydrogen (secondary N) is 1. The highest BCUT2D eigenvalue weighted by molar-refractivity contribution is 9.10. The van der Waals surface area contributed by atoms with Gasteiger partial charge in [-0.05, 0) is 44.5 Å². The topological polar surface area (TPSA) is 49.4 Å². The zero-order valence-corrected chi connectivity index (χ0v) is 15.5. The minimum atomic E-state index is -1.03. The molecule has 1 aliphatic heterocycles. The van der Waals surface area contributed by atoms with Gasteiger partial charge in [0.15, 0.2) is 0 Å². The number of hydrogen-bond acceptors (Lipinski definition) is 3. The van der Waals surface area contributed by atoms with Crippen LogP contribution in [0.2, 0.25) is 0 Å². The van der Waals surface area contributed by atoms with E-state index in [-0.39, 0.29) is 5.91 Å². The standard InChI is InChI=1S/C16H23BrN2O2S/c1-12-10-19(11-13(2)18-12)16(20)4-3-9-22(21)15-7-5-14(17)6-8-15/h5-8,12-13,18H,3-4,9-11H2,1-2H3. The highest BCUT2D eigenvalue weighted by Crippen LogP contribution is 2.15. The van der Waals surface area contributed by atoms with E-state index < -0.39 is 10.8 Å². The van der Waals surface area contributed by atoms with Crippen molar-refractivity contribution in [3.63, 3.8) is 0 Å². The van der Waals surface area contributed by atoms with Crippen LogP contribution >= 0.6 is 15.9 Å². The second-order valence-electron chi connectivity index (χ2n) is 5.87. The molecule has 0 saturated carbocycles. The molecule has 1 fully saturated rings. The summed E-state index contributed by atoms with van der Waals surface area (Å²) in [6.07, 6.45) is 1.13. The predicted molar refractivity (Wildman–Crippen MR) is 93.3 cm³/mol. The summed E-state index contributed by atoms with van der Waals surface area (Å²) in [5, 5.41) is 3.42. The van der Waals surface area contributed by atoms with Gasteiger partial charge in [-0.15, -0.1) is 0 Å². The van der Waals surface area contributed by atoms with Gasteiger partial charge in [0.2, 0.25) is 5.91 Å². The Morgan fingerprint density at radius 1 is 1.27 bits per heavy atom. The Labute approximate surface area is 143 Å². The van der Waals surface area contributed by atoms with E-state index in [1.807, 2.05) is 29.2 Å². The van der Waals surface area contributed by atoms with E-state index in [1.165, 1.54) is 0 Å². The van der Waals surface area contributed by atoms with Crippen molar-refractivity contribution >= 4 is 32.6 Å². The number of rotatable bonds is 5. The molecule has 3 unspecified atom stereocenters. The van der Waals surface area contributed by atoms with Crippen LogP contribution in [0.15, 0.2) is 33.6 Å². The smallest absolute Gasteiger partial charge is 0.222 e. The van der Waals surface area contributed by atoms with Crippen molar-refractivity contribution in [3.05, 3.63) is 28.7 Å². The molecule has 0 spiro atoms. The van der Waals surface area contributed by atoms with Crippen LogP contribution < -0.4 is 5.32 Å². The van der Waals surface area contributed by atoms with Gasteiger partial charge in [-0.3, -0.25) is 9.00 Å². The van der Waals surface area contributed by atoms with E-state index in [9.17, 15) is 9.00 Å². The normalized spacial score (nSPS) is 23.3. The molecule has 1 N–H and O–H groups in total. The van der Waals surface area contributed by atoms with Crippen molar-refractivity contribution in [1.82, 2.24) is 10.2 Å². The second-order valence-corrected chi connectivity index (χ2v) is 8.36. The lowest BCUT2D eigenvalue weighted by Crippen LogP contribution is -2.55. The summed E-state index contributed by atoms with van der Waals surface area (Å²) < 4.78 is 13.2. The molecular formula is C16H23BrN2O2S. The van der Waals surface area contributed by atoms with Gasteiger partial charge >= 0.3 is 0 Å². The molecule has 1 saturated heterocycles. The number of benzene rings is 1. The van der Waals surface area contributed by atoms with E-state index in [4.69, 9.17) is 0 Å². The Morgan fingerprint density at radius 3 is 2.45 bits per heavy atom. The largest absolute Gasteiger partial charge is 0.340 e. The summed E-state index contributed by atoms with van der Waals surface area (Å²) in [5.41, 5.74) is 0. The van der Waals surface area contributed by atoms with Crippen molar-refractivity contribution in [2.45, 2.75) is 43.7 Å². The molecule has 1 amide bonds. The number of carbonyl (C=O) groups excluding carboxylic acids is 1. The predicted octanol–water partition coefficient (Wildman–Crippen LogP) is 2.55. The first-order valence-electron chi connectivity index (χ1n) is 7.63. The summed E-state index contributed by atoms with van der Waals surface area (Å²) in [4.78, 5) is 15.0. The molecule has 0 radical (unpaired) electrons. The number of nitrogens with zero attached hydrogens (tertiary/aromatic N) is 1. The lowest BCUT2D eigenvalue weighted by atomic mass is 10.1. The number of piperazine rings is 1. The lowest BCUT2D eigenvalue weighted by Gasteiger charge is -2.36. The van der Waals surface area contributed by atoms with Gasteiger partial charge in [0.1, 0.15) is 0 Å². The van der Waals surface area contributed by atoms with Crippen molar-refractivity contribution < 1.29 is 9.00 Å². The molecule has 1 heterocycles. The molecule has 1 aromatic rings. The third-order valence-electron chi connectivity index (χ3n) is 3.71. The molecule has 22 heavy (non-hydrogen) atoms. The zero-order valence-electron chi connectivity index (χ0n) is 13.0. The van der Waals surface area contributed by atoms with E-state index in [1.54, 1.807) is 0 Å². The molecule has 0 bridgehead atoms. The Kier molecular flexibility index (Phi) is 6.59. The van der Waals surface area contributed by atoms with Crippen LogP contribution in [0.3, 0.4) is 0 Å². The van der Waals surface area contributed by atoms with Crippen molar-refractivity contribution in [3.8, 4) is 0 Å². The first kappa shape index (κ1) is 17.6. The van der Waals surface area contributed by atoms with Gasteiger partial charge in [0, 0.05) is 46.7 Å². The zero-order chi connectivity index (χ0) is 16.1. The van der Waals surface area contributed by atoms with E-state index >= 15 is 0 Å². The Morgan fingerprint density at radius 2 is 1.86 bits per heavy atom. The maximum absolute atomic E-state index is 12.2. The number of halogens is 1. The molecule has 1 aliphatic rings. The molecule has 2 rings (SSSR count). The molecule has 6 heteroatoms. The summed E-state index contributed by atoms with van der Waals surface area (Å²) in [7, 11) is -1.03. The minimum Gasteiger partial charge on any atom is -0.340 e. The third kappa shape index (κ3) is 5.18.